The summed E-state index contributed by atoms with van der Waals surface area (Å²) in [5.74, 6) is -1.53. The van der Waals surface area contributed by atoms with E-state index in [1.54, 1.807) is 0 Å². The van der Waals surface area contributed by atoms with E-state index in [2.05, 4.69) is 130 Å². The Balaban J connectivity index is 4.81. The van der Waals surface area contributed by atoms with E-state index in [0.29, 0.717) is 19.3 Å². The average Bonchev–Trinajstić information content (AvgIpc) is 3.41. The molecule has 12 heteroatoms. The monoisotopic (exact) mass is 1080 g/mol. The second-order valence-electron chi connectivity index (χ2n) is 19.4. The first-order chi connectivity index (χ1) is 37.2. The molecular weight excluding hydrogens is 976 g/mol. The van der Waals surface area contributed by atoms with Crippen LogP contribution >= 0.6 is 7.82 Å². The van der Waals surface area contributed by atoms with Crippen LogP contribution in [0.15, 0.2) is 109 Å². The van der Waals surface area contributed by atoms with Gasteiger partial charge in [0.2, 0.25) is 0 Å². The number of phosphoric acid groups is 1. The summed E-state index contributed by atoms with van der Waals surface area (Å²) in [5, 5.41) is 9.82. The van der Waals surface area contributed by atoms with Crippen molar-refractivity contribution in [2.24, 2.45) is 0 Å². The number of ether oxygens (including phenoxy) is 3. The van der Waals surface area contributed by atoms with Crippen molar-refractivity contribution >= 4 is 25.7 Å². The Labute approximate surface area is 463 Å². The predicted molar refractivity (Wildman–Crippen MR) is 316 cm³/mol. The van der Waals surface area contributed by atoms with Gasteiger partial charge >= 0.3 is 25.7 Å². The summed E-state index contributed by atoms with van der Waals surface area (Å²) < 4.78 is 39.5. The molecule has 0 aromatic carbocycles. The van der Waals surface area contributed by atoms with Crippen LogP contribution in [0.25, 0.3) is 0 Å². The molecule has 0 aromatic heterocycles. The highest BCUT2D eigenvalue weighted by Gasteiger charge is 2.28. The molecule has 0 aliphatic rings. The van der Waals surface area contributed by atoms with Crippen LogP contribution in [0.4, 0.5) is 0 Å². The summed E-state index contributed by atoms with van der Waals surface area (Å²) in [6, 6.07) is 0. The largest absolute Gasteiger partial charge is 0.472 e. The van der Waals surface area contributed by atoms with Crippen LogP contribution in [0.1, 0.15) is 239 Å². The Hall–Kier alpha value is -3.86. The van der Waals surface area contributed by atoms with E-state index < -0.39 is 57.8 Å². The van der Waals surface area contributed by atoms with E-state index in [4.69, 9.17) is 23.3 Å². The number of unbranched alkanes of at least 4 members (excludes halogenated alkanes) is 19. The lowest BCUT2D eigenvalue weighted by Crippen LogP contribution is -2.30. The van der Waals surface area contributed by atoms with Crippen LogP contribution in [0.3, 0.4) is 0 Å². The summed E-state index contributed by atoms with van der Waals surface area (Å²) in [5.41, 5.74) is 0. The van der Waals surface area contributed by atoms with E-state index in [-0.39, 0.29) is 25.9 Å². The summed E-state index contributed by atoms with van der Waals surface area (Å²) in [4.78, 5) is 48.6. The molecule has 0 spiro atoms. The van der Waals surface area contributed by atoms with Gasteiger partial charge in [0.15, 0.2) is 6.10 Å². The first-order valence-electron chi connectivity index (χ1n) is 29.8. The molecule has 0 heterocycles. The quantitative estimate of drug-likeness (QED) is 0.0197. The molecule has 11 nitrogen and oxygen atoms in total. The van der Waals surface area contributed by atoms with Crippen molar-refractivity contribution in [2.45, 2.75) is 251 Å². The summed E-state index contributed by atoms with van der Waals surface area (Å²) in [6.07, 6.45) is 69.0. The minimum Gasteiger partial charge on any atom is -0.462 e. The summed E-state index contributed by atoms with van der Waals surface area (Å²) in [6.45, 7) is 4.35. The fourth-order valence-corrected chi connectivity index (χ4v) is 8.47. The van der Waals surface area contributed by atoms with Crippen molar-refractivity contribution in [3.63, 3.8) is 0 Å². The van der Waals surface area contributed by atoms with E-state index in [1.165, 1.54) is 25.7 Å². The number of aliphatic hydroxyl groups excluding tert-OH is 1. The van der Waals surface area contributed by atoms with Crippen LogP contribution in [0.5, 0.6) is 0 Å². The second-order valence-corrected chi connectivity index (χ2v) is 20.8. The molecule has 0 saturated carbocycles. The molecule has 434 valence electrons. The third-order valence-electron chi connectivity index (χ3n) is 12.2. The molecule has 3 unspecified atom stereocenters. The highest BCUT2D eigenvalue weighted by atomic mass is 31.2. The van der Waals surface area contributed by atoms with Crippen molar-refractivity contribution in [2.75, 3.05) is 26.4 Å². The van der Waals surface area contributed by atoms with Crippen LogP contribution < -0.4 is 0 Å². The van der Waals surface area contributed by atoms with Gasteiger partial charge in [-0.2, -0.15) is 0 Å². The fourth-order valence-electron chi connectivity index (χ4n) is 7.69. The molecule has 0 saturated heterocycles. The van der Waals surface area contributed by atoms with E-state index >= 15 is 0 Å². The Bertz CT molecular complexity index is 1690. The first-order valence-corrected chi connectivity index (χ1v) is 31.3. The van der Waals surface area contributed by atoms with E-state index in [1.807, 2.05) is 0 Å². The topological polar surface area (TPSA) is 155 Å². The molecule has 0 radical (unpaired) electrons. The third kappa shape index (κ3) is 54.9. The van der Waals surface area contributed by atoms with E-state index in [9.17, 15) is 28.9 Å². The summed E-state index contributed by atoms with van der Waals surface area (Å²) >= 11 is 0. The number of hydrogen-bond donors (Lipinski definition) is 2. The van der Waals surface area contributed by atoms with Gasteiger partial charge in [0, 0.05) is 19.3 Å². The number of rotatable bonds is 54. The van der Waals surface area contributed by atoms with Gasteiger partial charge in [-0.25, -0.2) is 4.57 Å². The molecule has 0 aromatic rings. The predicted octanol–water partition coefficient (Wildman–Crippen LogP) is 17.8. The number of hydrogen-bond acceptors (Lipinski definition) is 10. The highest BCUT2D eigenvalue weighted by Crippen LogP contribution is 2.43. The van der Waals surface area contributed by atoms with Crippen LogP contribution in [0.2, 0.25) is 0 Å². The standard InChI is InChI=1S/C64H107O11P/c1-4-7-10-13-16-19-22-25-27-29-30-32-33-36-38-41-44-47-50-53-62(66)71-57-61(75-64(68)55-52-49-46-43-40-37-34-31-28-26-23-20-17-14-11-8-5-2)59-73-76(69,70)72-58-60(56-65)74-63(67)54-51-48-45-42-39-35-24-21-18-15-12-9-6-3/h7-8,10-11,16-17,19-21,24-28,30,32,36,38,60-61,65H,4-6,9,12-15,18,22-23,29,31,33-35,37,39-59H2,1-3H3,(H,69,70)/b10-7-,11-8-,19-16-,20-17-,24-21-,27-25-,28-26-,32-30-,38-36-. The molecule has 0 aliphatic carbocycles. The first kappa shape index (κ1) is 72.1. The number of aliphatic hydroxyl groups is 1. The number of esters is 3. The van der Waals surface area contributed by atoms with Crippen molar-refractivity contribution in [3.8, 4) is 0 Å². The lowest BCUT2D eigenvalue weighted by molar-refractivity contribution is -0.161. The summed E-state index contributed by atoms with van der Waals surface area (Å²) in [7, 11) is -4.77. The molecular formula is C64H107O11P. The van der Waals surface area contributed by atoms with E-state index in [0.717, 1.165) is 154 Å². The SMILES string of the molecule is CC/C=C\C/C=C\C/C=C\C/C=C\C/C=C\CCCCCC(=O)OCC(COP(=O)(O)OCC(CO)OC(=O)CCCCCCC/C=C\CCCCCC)OC(=O)CCCCCCCCC/C=C\C/C=C\C/C=C\CC. The molecule has 0 bridgehead atoms. The fraction of sp³-hybridized carbons (Fsp3) is 0.672. The normalized spacial score (nSPS) is 14.1. The van der Waals surface area contributed by atoms with Gasteiger partial charge < -0.3 is 24.2 Å². The van der Waals surface area contributed by atoms with Crippen molar-refractivity contribution in [3.05, 3.63) is 109 Å². The number of carbonyl (C=O) groups is 3. The Morgan fingerprint density at radius 3 is 1.08 bits per heavy atom. The molecule has 76 heavy (non-hydrogen) atoms. The molecule has 2 N–H and O–H groups in total. The average molecular weight is 1080 g/mol. The molecule has 0 fully saturated rings. The van der Waals surface area contributed by atoms with Crippen molar-refractivity contribution in [1.82, 2.24) is 0 Å². The minimum absolute atomic E-state index is 0.143. The van der Waals surface area contributed by atoms with Crippen molar-refractivity contribution < 1.29 is 52.2 Å². The smallest absolute Gasteiger partial charge is 0.462 e. The van der Waals surface area contributed by atoms with Gasteiger partial charge in [0.1, 0.15) is 12.7 Å². The van der Waals surface area contributed by atoms with Crippen LogP contribution in [-0.2, 0) is 42.2 Å². The van der Waals surface area contributed by atoms with Gasteiger partial charge in [-0.3, -0.25) is 23.4 Å². The zero-order valence-electron chi connectivity index (χ0n) is 47.9. The maximum Gasteiger partial charge on any atom is 0.472 e. The minimum atomic E-state index is -4.77. The van der Waals surface area contributed by atoms with Gasteiger partial charge in [0.25, 0.3) is 0 Å². The lowest BCUT2D eigenvalue weighted by atomic mass is 10.1. The van der Waals surface area contributed by atoms with Gasteiger partial charge in [-0.15, -0.1) is 0 Å². The van der Waals surface area contributed by atoms with Gasteiger partial charge in [-0.05, 0) is 122 Å². The van der Waals surface area contributed by atoms with Gasteiger partial charge in [-0.1, -0.05) is 207 Å². The molecule has 0 rings (SSSR count). The Kier molecular flexibility index (Phi) is 54.4. The Morgan fingerprint density at radius 1 is 0.382 bits per heavy atom. The second kappa shape index (κ2) is 57.3. The number of allylic oxidation sites excluding steroid dienone is 18. The van der Waals surface area contributed by atoms with Crippen molar-refractivity contribution in [1.29, 1.82) is 0 Å². The maximum absolute atomic E-state index is 12.9. The van der Waals surface area contributed by atoms with Crippen LogP contribution in [-0.4, -0.2) is 66.5 Å². The highest BCUT2D eigenvalue weighted by molar-refractivity contribution is 7.47. The maximum atomic E-state index is 12.9. The number of phosphoric ester groups is 1. The third-order valence-corrected chi connectivity index (χ3v) is 13.1. The Morgan fingerprint density at radius 2 is 0.684 bits per heavy atom. The zero-order chi connectivity index (χ0) is 55.5. The van der Waals surface area contributed by atoms with Crippen LogP contribution in [0, 0.1) is 0 Å². The molecule has 0 amide bonds. The molecule has 0 aliphatic heterocycles. The molecule has 3 atom stereocenters. The zero-order valence-corrected chi connectivity index (χ0v) is 48.8. The van der Waals surface area contributed by atoms with Gasteiger partial charge in [0.05, 0.1) is 19.8 Å². The number of carbonyl (C=O) groups excluding carboxylic acids is 3. The lowest BCUT2D eigenvalue weighted by Gasteiger charge is -2.21.